The van der Waals surface area contributed by atoms with E-state index in [4.69, 9.17) is 0 Å². The van der Waals surface area contributed by atoms with E-state index in [1.165, 1.54) is 64.2 Å². The number of ketones is 2. The van der Waals surface area contributed by atoms with Gasteiger partial charge in [-0.1, -0.05) is 70.6 Å². The third kappa shape index (κ3) is 5.24. The molecule has 27 heavy (non-hydrogen) atoms. The molecule has 150 valence electrons. The van der Waals surface area contributed by atoms with Crippen molar-refractivity contribution in [3.8, 4) is 0 Å². The third-order valence-corrected chi connectivity index (χ3v) is 6.50. The zero-order valence-electron chi connectivity index (χ0n) is 16.7. The van der Waals surface area contributed by atoms with Crippen molar-refractivity contribution in [2.75, 3.05) is 6.54 Å². The summed E-state index contributed by atoms with van der Waals surface area (Å²) in [7, 11) is 0. The maximum absolute atomic E-state index is 12.3. The van der Waals surface area contributed by atoms with Crippen LogP contribution in [-0.2, 0) is 9.59 Å². The van der Waals surface area contributed by atoms with Crippen molar-refractivity contribution in [3.05, 3.63) is 22.6 Å². The Labute approximate surface area is 163 Å². The molecule has 1 fully saturated rings. The van der Waals surface area contributed by atoms with Crippen LogP contribution in [0.5, 0.6) is 0 Å². The lowest BCUT2D eigenvalue weighted by molar-refractivity contribution is -0.132. The zero-order valence-corrected chi connectivity index (χ0v) is 16.7. The average Bonchev–Trinajstić information content (AvgIpc) is 2.71. The summed E-state index contributed by atoms with van der Waals surface area (Å²) in [5, 5.41) is 13.5. The van der Waals surface area contributed by atoms with Crippen molar-refractivity contribution < 1.29 is 14.7 Å². The topological polar surface area (TPSA) is 66.4 Å². The highest BCUT2D eigenvalue weighted by Gasteiger charge is 2.35. The number of aliphatic hydroxyl groups is 1. The number of Topliss-reactive ketones (excluding diaryl/α,β-unsaturated/α-hetero) is 2. The molecule has 0 radical (unpaired) electrons. The fourth-order valence-corrected chi connectivity index (χ4v) is 4.85. The molecule has 0 amide bonds. The summed E-state index contributed by atoms with van der Waals surface area (Å²) < 4.78 is 0. The molecular formula is C23H35NO3. The van der Waals surface area contributed by atoms with Crippen LogP contribution in [0.15, 0.2) is 22.6 Å². The Bertz CT molecular complexity index is 611. The minimum atomic E-state index is -0.484. The van der Waals surface area contributed by atoms with Crippen molar-refractivity contribution in [1.82, 2.24) is 5.32 Å². The van der Waals surface area contributed by atoms with Gasteiger partial charge in [-0.05, 0) is 31.6 Å². The Hall–Kier alpha value is -1.58. The normalized spacial score (nSPS) is 21.5. The SMILES string of the molecule is O=C1C(=O)C2=C(NCCC2)C(O)=C1CCCCCCCCC1CCCCC1. The number of rotatable bonds is 9. The van der Waals surface area contributed by atoms with E-state index in [0.29, 0.717) is 29.7 Å². The van der Waals surface area contributed by atoms with Gasteiger partial charge in [0.2, 0.25) is 11.6 Å². The Morgan fingerprint density at radius 1 is 0.852 bits per heavy atom. The standard InChI is InChI=1S/C23H35NO3/c25-21-19(23(27)22(26)18-15-10-16-24-20(18)21)14-9-4-2-1-3-6-11-17-12-7-5-8-13-17/h17,24-25H,1-16H2. The van der Waals surface area contributed by atoms with Gasteiger partial charge in [-0.15, -0.1) is 0 Å². The van der Waals surface area contributed by atoms with Gasteiger partial charge in [0.1, 0.15) is 5.76 Å². The van der Waals surface area contributed by atoms with Crippen LogP contribution >= 0.6 is 0 Å². The average molecular weight is 374 g/mol. The molecule has 3 rings (SSSR count). The summed E-state index contributed by atoms with van der Waals surface area (Å²) in [5.74, 6) is 0.119. The Balaban J connectivity index is 1.34. The second kappa shape index (κ2) is 10.1. The minimum absolute atomic E-state index is 0.0294. The molecule has 3 aliphatic rings. The van der Waals surface area contributed by atoms with E-state index >= 15 is 0 Å². The van der Waals surface area contributed by atoms with Crippen molar-refractivity contribution in [1.29, 1.82) is 0 Å². The van der Waals surface area contributed by atoms with E-state index in [1.54, 1.807) is 0 Å². The van der Waals surface area contributed by atoms with Crippen LogP contribution in [0.1, 0.15) is 96.3 Å². The summed E-state index contributed by atoms with van der Waals surface area (Å²) >= 11 is 0. The Morgan fingerprint density at radius 3 is 2.33 bits per heavy atom. The third-order valence-electron chi connectivity index (χ3n) is 6.50. The van der Waals surface area contributed by atoms with Gasteiger partial charge in [-0.25, -0.2) is 0 Å². The lowest BCUT2D eigenvalue weighted by Gasteiger charge is -2.25. The summed E-state index contributed by atoms with van der Waals surface area (Å²) in [6.07, 6.45) is 17.5. The number of unbranched alkanes of at least 4 members (excludes halogenated alkanes) is 5. The molecule has 0 atom stereocenters. The zero-order chi connectivity index (χ0) is 19.1. The summed E-state index contributed by atoms with van der Waals surface area (Å²) in [6.45, 7) is 0.749. The highest BCUT2D eigenvalue weighted by Crippen LogP contribution is 2.31. The van der Waals surface area contributed by atoms with E-state index in [9.17, 15) is 14.7 Å². The van der Waals surface area contributed by atoms with Crippen LogP contribution < -0.4 is 5.32 Å². The van der Waals surface area contributed by atoms with Gasteiger partial charge in [0.25, 0.3) is 0 Å². The second-order valence-electron chi connectivity index (χ2n) is 8.53. The molecule has 0 spiro atoms. The summed E-state index contributed by atoms with van der Waals surface area (Å²) in [4.78, 5) is 24.6. The Kier molecular flexibility index (Phi) is 7.54. The van der Waals surface area contributed by atoms with Gasteiger partial charge in [0.05, 0.1) is 5.70 Å². The lowest BCUT2D eigenvalue weighted by atomic mass is 9.85. The molecule has 1 aliphatic heterocycles. The summed E-state index contributed by atoms with van der Waals surface area (Å²) in [5.41, 5.74) is 1.32. The smallest absolute Gasteiger partial charge is 0.233 e. The van der Waals surface area contributed by atoms with Crippen molar-refractivity contribution in [3.63, 3.8) is 0 Å². The molecule has 2 N–H and O–H groups in total. The molecule has 0 aromatic heterocycles. The molecule has 0 aromatic rings. The van der Waals surface area contributed by atoms with Crippen molar-refractivity contribution >= 4 is 11.6 Å². The first-order valence-electron chi connectivity index (χ1n) is 11.2. The fraction of sp³-hybridized carbons (Fsp3) is 0.739. The van der Waals surface area contributed by atoms with Crippen LogP contribution in [0, 0.1) is 5.92 Å². The first-order chi connectivity index (χ1) is 13.2. The van der Waals surface area contributed by atoms with E-state index in [-0.39, 0.29) is 5.76 Å². The second-order valence-corrected chi connectivity index (χ2v) is 8.53. The monoisotopic (exact) mass is 373 g/mol. The highest BCUT2D eigenvalue weighted by atomic mass is 16.3. The first kappa shape index (κ1) is 20.2. The predicted octanol–water partition coefficient (Wildman–Crippen LogP) is 5.29. The first-order valence-corrected chi connectivity index (χ1v) is 11.2. The van der Waals surface area contributed by atoms with Gasteiger partial charge in [0.15, 0.2) is 0 Å². The molecule has 0 saturated heterocycles. The maximum atomic E-state index is 12.3. The molecule has 0 unspecified atom stereocenters. The van der Waals surface area contributed by atoms with E-state index in [1.807, 2.05) is 0 Å². The maximum Gasteiger partial charge on any atom is 0.233 e. The van der Waals surface area contributed by atoms with Gasteiger partial charge in [0, 0.05) is 17.7 Å². The predicted molar refractivity (Wildman–Crippen MR) is 107 cm³/mol. The number of carbonyl (C=O) groups excluding carboxylic acids is 2. The number of nitrogens with one attached hydrogen (secondary N) is 1. The van der Waals surface area contributed by atoms with Crippen LogP contribution in [0.4, 0.5) is 0 Å². The largest absolute Gasteiger partial charge is 0.505 e. The molecule has 1 saturated carbocycles. The Morgan fingerprint density at radius 2 is 1.56 bits per heavy atom. The van der Waals surface area contributed by atoms with Crippen LogP contribution in [0.25, 0.3) is 0 Å². The highest BCUT2D eigenvalue weighted by molar-refractivity contribution is 6.50. The molecule has 1 heterocycles. The van der Waals surface area contributed by atoms with Gasteiger partial charge >= 0.3 is 0 Å². The van der Waals surface area contributed by atoms with E-state index in [2.05, 4.69) is 5.32 Å². The molecule has 2 aliphatic carbocycles. The lowest BCUT2D eigenvalue weighted by Crippen LogP contribution is -2.34. The van der Waals surface area contributed by atoms with E-state index in [0.717, 1.165) is 31.7 Å². The molecule has 0 bridgehead atoms. The molecule has 4 nitrogen and oxygen atoms in total. The van der Waals surface area contributed by atoms with Crippen LogP contribution in [-0.4, -0.2) is 23.2 Å². The molecular weight excluding hydrogens is 338 g/mol. The van der Waals surface area contributed by atoms with Crippen molar-refractivity contribution in [2.24, 2.45) is 5.92 Å². The van der Waals surface area contributed by atoms with Crippen LogP contribution in [0.3, 0.4) is 0 Å². The van der Waals surface area contributed by atoms with Gasteiger partial charge in [-0.2, -0.15) is 0 Å². The van der Waals surface area contributed by atoms with Crippen molar-refractivity contribution in [2.45, 2.75) is 96.3 Å². The fourth-order valence-electron chi connectivity index (χ4n) is 4.85. The van der Waals surface area contributed by atoms with E-state index < -0.39 is 11.6 Å². The number of aliphatic hydroxyl groups excluding tert-OH is 1. The molecule has 0 aromatic carbocycles. The summed E-state index contributed by atoms with van der Waals surface area (Å²) in [6, 6.07) is 0. The van der Waals surface area contributed by atoms with Gasteiger partial charge in [-0.3, -0.25) is 9.59 Å². The van der Waals surface area contributed by atoms with Crippen LogP contribution in [0.2, 0.25) is 0 Å². The minimum Gasteiger partial charge on any atom is -0.505 e. The number of carbonyl (C=O) groups is 2. The van der Waals surface area contributed by atoms with Gasteiger partial charge < -0.3 is 10.4 Å². The number of hydrogen-bond donors (Lipinski definition) is 2. The number of hydrogen-bond acceptors (Lipinski definition) is 4. The number of allylic oxidation sites excluding steroid dienone is 2. The quantitative estimate of drug-likeness (QED) is 0.327. The molecule has 4 heteroatoms.